The predicted octanol–water partition coefficient (Wildman–Crippen LogP) is 1.56. The predicted molar refractivity (Wildman–Crippen MR) is 45.2 cm³/mol. The first-order valence-electron chi connectivity index (χ1n) is 2.68. The van der Waals surface area contributed by atoms with Crippen LogP contribution in [-0.4, -0.2) is 12.5 Å². The number of rotatable bonds is 1. The van der Waals surface area contributed by atoms with E-state index >= 15 is 0 Å². The number of halogens is 2. The van der Waals surface area contributed by atoms with Gasteiger partial charge in [0.25, 0.3) is 0 Å². The molecule has 0 fully saturated rings. The van der Waals surface area contributed by atoms with Crippen LogP contribution in [0.2, 0.25) is 0 Å². The molecule has 0 bridgehead atoms. The molecule has 0 spiro atoms. The summed E-state index contributed by atoms with van der Waals surface area (Å²) < 4.78 is 0. The molecular formula is C6H5Cl2OSi. The summed E-state index contributed by atoms with van der Waals surface area (Å²) in [4.78, 5) is 0. The molecule has 0 aromatic heterocycles. The zero-order valence-corrected chi connectivity index (χ0v) is 7.52. The van der Waals surface area contributed by atoms with Gasteiger partial charge in [-0.05, 0) is 6.07 Å². The van der Waals surface area contributed by atoms with Crippen LogP contribution in [0.5, 0.6) is 5.75 Å². The van der Waals surface area contributed by atoms with Crippen molar-refractivity contribution in [2.45, 2.75) is 0 Å². The SMILES string of the molecule is Oc1ccccc1[Si](Cl)Cl. The van der Waals surface area contributed by atoms with E-state index < -0.39 is 7.42 Å². The van der Waals surface area contributed by atoms with Crippen molar-refractivity contribution in [3.8, 4) is 5.75 Å². The molecule has 0 atom stereocenters. The first-order valence-corrected chi connectivity index (χ1v) is 6.20. The van der Waals surface area contributed by atoms with Gasteiger partial charge in [0.2, 0.25) is 0 Å². The van der Waals surface area contributed by atoms with E-state index in [1.54, 1.807) is 24.3 Å². The van der Waals surface area contributed by atoms with E-state index in [4.69, 9.17) is 27.3 Å². The number of benzene rings is 1. The molecule has 1 N–H and O–H groups in total. The van der Waals surface area contributed by atoms with Crippen molar-refractivity contribution in [3.63, 3.8) is 0 Å². The van der Waals surface area contributed by atoms with E-state index in [9.17, 15) is 0 Å². The highest BCUT2D eigenvalue weighted by atomic mass is 35.7. The molecule has 4 heteroatoms. The number of phenols is 1. The van der Waals surface area contributed by atoms with Gasteiger partial charge < -0.3 is 5.11 Å². The fourth-order valence-corrected chi connectivity index (χ4v) is 2.09. The van der Waals surface area contributed by atoms with Crippen molar-refractivity contribution in [1.82, 2.24) is 0 Å². The molecule has 1 rings (SSSR count). The van der Waals surface area contributed by atoms with Gasteiger partial charge in [-0.25, -0.2) is 0 Å². The van der Waals surface area contributed by atoms with Crippen molar-refractivity contribution in [1.29, 1.82) is 0 Å². The van der Waals surface area contributed by atoms with Crippen LogP contribution >= 0.6 is 22.2 Å². The summed E-state index contributed by atoms with van der Waals surface area (Å²) >= 11 is 11.2. The molecule has 1 radical (unpaired) electrons. The third-order valence-electron chi connectivity index (χ3n) is 1.11. The molecular weight excluding hydrogens is 187 g/mol. The summed E-state index contributed by atoms with van der Waals surface area (Å²) in [6, 6.07) is 6.83. The summed E-state index contributed by atoms with van der Waals surface area (Å²) in [6.45, 7) is 0. The van der Waals surface area contributed by atoms with Crippen LogP contribution in [0.1, 0.15) is 0 Å². The second-order valence-electron chi connectivity index (χ2n) is 1.78. The van der Waals surface area contributed by atoms with Crippen molar-refractivity contribution in [2.24, 2.45) is 0 Å². The number of hydrogen-bond acceptors (Lipinski definition) is 1. The van der Waals surface area contributed by atoms with E-state index in [1.165, 1.54) is 0 Å². The zero-order chi connectivity index (χ0) is 7.56. The average molecular weight is 192 g/mol. The van der Waals surface area contributed by atoms with Crippen LogP contribution in [0, 0.1) is 0 Å². The first-order chi connectivity index (χ1) is 4.72. The van der Waals surface area contributed by atoms with Crippen LogP contribution < -0.4 is 5.19 Å². The Hall–Kier alpha value is -0.183. The molecule has 0 unspecified atom stereocenters. The molecule has 0 aliphatic carbocycles. The van der Waals surface area contributed by atoms with Crippen LogP contribution in [0.3, 0.4) is 0 Å². The van der Waals surface area contributed by atoms with E-state index in [-0.39, 0.29) is 5.75 Å². The molecule has 0 aliphatic heterocycles. The summed E-state index contributed by atoms with van der Waals surface area (Å²) in [6.07, 6.45) is 0. The summed E-state index contributed by atoms with van der Waals surface area (Å²) in [7, 11) is -1.55. The van der Waals surface area contributed by atoms with E-state index in [0.717, 1.165) is 0 Å². The van der Waals surface area contributed by atoms with Crippen molar-refractivity contribution in [3.05, 3.63) is 24.3 Å². The van der Waals surface area contributed by atoms with Gasteiger partial charge in [0.05, 0.1) is 0 Å². The first kappa shape index (κ1) is 7.92. The fourth-order valence-electron chi connectivity index (χ4n) is 0.633. The lowest BCUT2D eigenvalue weighted by Crippen LogP contribution is -2.17. The van der Waals surface area contributed by atoms with E-state index in [2.05, 4.69) is 0 Å². The topological polar surface area (TPSA) is 20.2 Å². The third-order valence-corrected chi connectivity index (χ3v) is 3.16. The Balaban J connectivity index is 3.03. The van der Waals surface area contributed by atoms with Crippen LogP contribution in [0.15, 0.2) is 24.3 Å². The molecule has 1 aromatic rings. The number of aromatic hydroxyl groups is 1. The molecule has 0 saturated carbocycles. The zero-order valence-electron chi connectivity index (χ0n) is 5.01. The Morgan fingerprint density at radius 1 is 1.20 bits per heavy atom. The van der Waals surface area contributed by atoms with Gasteiger partial charge in [0.1, 0.15) is 5.75 Å². The Kier molecular flexibility index (Phi) is 2.60. The lowest BCUT2D eigenvalue weighted by Gasteiger charge is -1.99. The van der Waals surface area contributed by atoms with Crippen molar-refractivity contribution < 1.29 is 5.11 Å². The third kappa shape index (κ3) is 1.65. The van der Waals surface area contributed by atoms with Gasteiger partial charge >= 0.3 is 7.42 Å². The fraction of sp³-hybridized carbons (Fsp3) is 0. The van der Waals surface area contributed by atoms with Crippen LogP contribution in [0.4, 0.5) is 0 Å². The van der Waals surface area contributed by atoms with Gasteiger partial charge in [-0.3, -0.25) is 0 Å². The number of hydrogen-bond donors (Lipinski definition) is 1. The maximum Gasteiger partial charge on any atom is 0.310 e. The molecule has 53 valence electrons. The molecule has 0 amide bonds. The molecule has 0 saturated heterocycles. The van der Waals surface area contributed by atoms with Crippen molar-refractivity contribution in [2.75, 3.05) is 0 Å². The molecule has 1 aromatic carbocycles. The Bertz CT molecular complexity index is 227. The lowest BCUT2D eigenvalue weighted by molar-refractivity contribution is 0.479. The highest BCUT2D eigenvalue weighted by Crippen LogP contribution is 2.08. The highest BCUT2D eigenvalue weighted by molar-refractivity contribution is 7.39. The highest BCUT2D eigenvalue weighted by Gasteiger charge is 2.10. The van der Waals surface area contributed by atoms with Gasteiger partial charge in [0, 0.05) is 5.19 Å². The normalized spacial score (nSPS) is 10.3. The lowest BCUT2D eigenvalue weighted by atomic mass is 10.3. The number of para-hydroxylation sites is 1. The van der Waals surface area contributed by atoms with E-state index in [1.807, 2.05) is 0 Å². The van der Waals surface area contributed by atoms with Crippen LogP contribution in [0.25, 0.3) is 0 Å². The van der Waals surface area contributed by atoms with Gasteiger partial charge in [-0.1, -0.05) is 18.2 Å². The summed E-state index contributed by atoms with van der Waals surface area (Å²) in [5.74, 6) is 0.182. The summed E-state index contributed by atoms with van der Waals surface area (Å²) in [5.41, 5.74) is 0. The quantitative estimate of drug-likeness (QED) is 0.528. The Morgan fingerprint density at radius 2 is 1.80 bits per heavy atom. The number of phenolic OH excluding ortho intramolecular Hbond substituents is 1. The second kappa shape index (κ2) is 3.28. The minimum atomic E-state index is -1.55. The molecule has 10 heavy (non-hydrogen) atoms. The van der Waals surface area contributed by atoms with Gasteiger partial charge in [0.15, 0.2) is 0 Å². The average Bonchev–Trinajstić information content (AvgIpc) is 1.88. The van der Waals surface area contributed by atoms with Gasteiger partial charge in [-0.15, -0.1) is 22.2 Å². The largest absolute Gasteiger partial charge is 0.508 e. The Morgan fingerprint density at radius 3 is 2.20 bits per heavy atom. The minimum Gasteiger partial charge on any atom is -0.508 e. The maximum atomic E-state index is 9.14. The van der Waals surface area contributed by atoms with Crippen molar-refractivity contribution >= 4 is 34.8 Å². The smallest absolute Gasteiger partial charge is 0.310 e. The summed E-state index contributed by atoms with van der Waals surface area (Å²) in [5, 5.41) is 9.79. The van der Waals surface area contributed by atoms with Gasteiger partial charge in [-0.2, -0.15) is 0 Å². The minimum absolute atomic E-state index is 0.182. The van der Waals surface area contributed by atoms with E-state index in [0.29, 0.717) is 5.19 Å². The monoisotopic (exact) mass is 191 g/mol. The standard InChI is InChI=1S/C6H5Cl2OSi/c7-10(8)6-4-2-1-3-5(6)9/h1-4,9H. The second-order valence-corrected chi connectivity index (χ2v) is 5.69. The molecule has 0 aliphatic rings. The van der Waals surface area contributed by atoms with Crippen LogP contribution in [-0.2, 0) is 0 Å². The molecule has 0 heterocycles. The maximum absolute atomic E-state index is 9.14. The Labute approximate surface area is 70.2 Å². The molecule has 1 nitrogen and oxygen atoms in total.